The summed E-state index contributed by atoms with van der Waals surface area (Å²) < 4.78 is 29.7. The van der Waals surface area contributed by atoms with Crippen LogP contribution in [0.25, 0.3) is 11.0 Å². The van der Waals surface area contributed by atoms with Gasteiger partial charge in [-0.25, -0.2) is 4.98 Å². The molecule has 0 atom stereocenters. The van der Waals surface area contributed by atoms with Crippen molar-refractivity contribution >= 4 is 27.0 Å². The minimum Gasteiger partial charge on any atom is -0.319 e. The van der Waals surface area contributed by atoms with Crippen molar-refractivity contribution < 1.29 is 8.78 Å². The zero-order chi connectivity index (χ0) is 15.7. The van der Waals surface area contributed by atoms with E-state index in [9.17, 15) is 13.6 Å². The lowest BCUT2D eigenvalue weighted by atomic mass is 10.0. The maximum Gasteiger partial charge on any atom is 0.299 e. The molecule has 3 aromatic rings. The van der Waals surface area contributed by atoms with E-state index in [1.165, 1.54) is 0 Å². The molecule has 0 amide bonds. The van der Waals surface area contributed by atoms with Crippen LogP contribution in [0.4, 0.5) is 8.78 Å². The van der Waals surface area contributed by atoms with Crippen molar-refractivity contribution in [1.82, 2.24) is 9.97 Å². The second kappa shape index (κ2) is 5.61. The molecule has 1 aromatic heterocycles. The Hall–Kier alpha value is -2.08. The fourth-order valence-electron chi connectivity index (χ4n) is 2.22. The summed E-state index contributed by atoms with van der Waals surface area (Å²) in [6, 6.07) is 13.2. The van der Waals surface area contributed by atoms with Gasteiger partial charge in [0, 0.05) is 10.9 Å². The first-order valence-electron chi connectivity index (χ1n) is 6.57. The number of H-pyrrole nitrogens is 1. The summed E-state index contributed by atoms with van der Waals surface area (Å²) in [6.45, 7) is 0. The molecule has 2 aromatic carbocycles. The molecule has 0 unspecified atom stereocenters. The summed E-state index contributed by atoms with van der Waals surface area (Å²) in [4.78, 5) is 18.2. The van der Waals surface area contributed by atoms with Gasteiger partial charge < -0.3 is 4.98 Å². The number of fused-ring (bicyclic) bond motifs is 1. The van der Waals surface area contributed by atoms with E-state index in [4.69, 9.17) is 0 Å². The van der Waals surface area contributed by atoms with E-state index in [1.807, 2.05) is 0 Å². The Balaban J connectivity index is 2.02. The Morgan fingerprint density at radius 2 is 1.77 bits per heavy atom. The standard InChI is InChI=1S/C16H11BrF2N2O/c17-11-7-5-10(6-8-11)9-16(18,19)14-15(22)21-13-4-2-1-3-12(13)20-14/h1-8H,9H2,(H,21,22). The van der Waals surface area contributed by atoms with E-state index in [1.54, 1.807) is 48.5 Å². The van der Waals surface area contributed by atoms with Gasteiger partial charge in [-0.1, -0.05) is 40.2 Å². The van der Waals surface area contributed by atoms with E-state index >= 15 is 0 Å². The predicted octanol–water partition coefficient (Wildman–Crippen LogP) is 4.02. The number of benzene rings is 2. The lowest BCUT2D eigenvalue weighted by Crippen LogP contribution is -2.29. The van der Waals surface area contributed by atoms with Crippen molar-refractivity contribution in [1.29, 1.82) is 0 Å². The van der Waals surface area contributed by atoms with Crippen LogP contribution in [-0.4, -0.2) is 9.97 Å². The number of para-hydroxylation sites is 2. The van der Waals surface area contributed by atoms with Crippen molar-refractivity contribution in [2.45, 2.75) is 12.3 Å². The number of hydrogen-bond donors (Lipinski definition) is 1. The molecule has 3 rings (SSSR count). The monoisotopic (exact) mass is 364 g/mol. The molecule has 0 aliphatic heterocycles. The van der Waals surface area contributed by atoms with Crippen molar-refractivity contribution in [3.8, 4) is 0 Å². The molecule has 0 saturated heterocycles. The van der Waals surface area contributed by atoms with Gasteiger partial charge in [0.15, 0.2) is 5.69 Å². The first-order valence-corrected chi connectivity index (χ1v) is 7.37. The Morgan fingerprint density at radius 1 is 1.09 bits per heavy atom. The van der Waals surface area contributed by atoms with Crippen molar-refractivity contribution in [3.63, 3.8) is 0 Å². The third kappa shape index (κ3) is 2.92. The molecule has 6 heteroatoms. The summed E-state index contributed by atoms with van der Waals surface area (Å²) >= 11 is 3.25. The van der Waals surface area contributed by atoms with Gasteiger partial charge >= 0.3 is 0 Å². The van der Waals surface area contributed by atoms with Gasteiger partial charge in [-0.05, 0) is 29.8 Å². The number of rotatable bonds is 3. The summed E-state index contributed by atoms with van der Waals surface area (Å²) in [5.41, 5.74) is -0.402. The zero-order valence-electron chi connectivity index (χ0n) is 11.3. The molecular weight excluding hydrogens is 354 g/mol. The van der Waals surface area contributed by atoms with E-state index < -0.39 is 23.6 Å². The van der Waals surface area contributed by atoms with E-state index in [-0.39, 0.29) is 0 Å². The molecule has 0 saturated carbocycles. The highest BCUT2D eigenvalue weighted by Crippen LogP contribution is 2.29. The zero-order valence-corrected chi connectivity index (χ0v) is 12.9. The van der Waals surface area contributed by atoms with Gasteiger partial charge in [-0.2, -0.15) is 8.78 Å². The highest BCUT2D eigenvalue weighted by atomic mass is 79.9. The van der Waals surface area contributed by atoms with Crippen LogP contribution in [0.15, 0.2) is 57.8 Å². The van der Waals surface area contributed by atoms with Gasteiger partial charge in [-0.3, -0.25) is 4.79 Å². The van der Waals surface area contributed by atoms with Gasteiger partial charge in [0.1, 0.15) is 0 Å². The average molecular weight is 365 g/mol. The highest BCUT2D eigenvalue weighted by Gasteiger charge is 2.36. The average Bonchev–Trinajstić information content (AvgIpc) is 2.48. The Kier molecular flexibility index (Phi) is 3.78. The van der Waals surface area contributed by atoms with Gasteiger partial charge in [0.2, 0.25) is 0 Å². The molecule has 0 spiro atoms. The Labute approximate surface area is 133 Å². The third-order valence-corrected chi connectivity index (χ3v) is 3.81. The summed E-state index contributed by atoms with van der Waals surface area (Å²) in [7, 11) is 0. The molecule has 0 fully saturated rings. The van der Waals surface area contributed by atoms with Crippen molar-refractivity contribution in [2.75, 3.05) is 0 Å². The van der Waals surface area contributed by atoms with E-state index in [0.717, 1.165) is 4.47 Å². The fraction of sp³-hybridized carbons (Fsp3) is 0.125. The molecule has 22 heavy (non-hydrogen) atoms. The van der Waals surface area contributed by atoms with Gasteiger partial charge in [-0.15, -0.1) is 0 Å². The number of aromatic nitrogens is 2. The number of nitrogens with zero attached hydrogens (tertiary/aromatic N) is 1. The number of aromatic amines is 1. The summed E-state index contributed by atoms with van der Waals surface area (Å²) in [6.07, 6.45) is -0.575. The number of nitrogens with one attached hydrogen (secondary N) is 1. The SMILES string of the molecule is O=c1[nH]c2ccccc2nc1C(F)(F)Cc1ccc(Br)cc1. The molecular formula is C16H11BrF2N2O. The number of alkyl halides is 2. The van der Waals surface area contributed by atoms with Gasteiger partial charge in [0.05, 0.1) is 11.0 Å². The van der Waals surface area contributed by atoms with Crippen LogP contribution in [0.1, 0.15) is 11.3 Å². The topological polar surface area (TPSA) is 45.8 Å². The van der Waals surface area contributed by atoms with Crippen LogP contribution in [0.5, 0.6) is 0 Å². The first-order chi connectivity index (χ1) is 10.5. The quantitative estimate of drug-likeness (QED) is 0.762. The second-order valence-electron chi connectivity index (χ2n) is 4.94. The molecule has 3 nitrogen and oxygen atoms in total. The fourth-order valence-corrected chi connectivity index (χ4v) is 2.48. The predicted molar refractivity (Wildman–Crippen MR) is 84.1 cm³/mol. The normalized spacial score (nSPS) is 11.8. The minimum atomic E-state index is -3.34. The summed E-state index contributed by atoms with van der Waals surface area (Å²) in [5.74, 6) is -3.34. The highest BCUT2D eigenvalue weighted by molar-refractivity contribution is 9.10. The molecule has 1 N–H and O–H groups in total. The Morgan fingerprint density at radius 3 is 2.50 bits per heavy atom. The number of hydrogen-bond acceptors (Lipinski definition) is 2. The lowest BCUT2D eigenvalue weighted by Gasteiger charge is -2.15. The maximum absolute atomic E-state index is 14.4. The first kappa shape index (κ1) is 14.8. The molecule has 0 bridgehead atoms. The van der Waals surface area contributed by atoms with Crippen LogP contribution in [0.3, 0.4) is 0 Å². The van der Waals surface area contributed by atoms with Gasteiger partial charge in [0.25, 0.3) is 11.5 Å². The van der Waals surface area contributed by atoms with Crippen molar-refractivity contribution in [3.05, 3.63) is 74.6 Å². The maximum atomic E-state index is 14.4. The Bertz CT molecular complexity index is 875. The van der Waals surface area contributed by atoms with E-state index in [2.05, 4.69) is 25.9 Å². The third-order valence-electron chi connectivity index (χ3n) is 3.29. The van der Waals surface area contributed by atoms with Crippen LogP contribution in [0, 0.1) is 0 Å². The van der Waals surface area contributed by atoms with Crippen LogP contribution in [0.2, 0.25) is 0 Å². The molecule has 0 aliphatic carbocycles. The minimum absolute atomic E-state index is 0.340. The molecule has 1 heterocycles. The van der Waals surface area contributed by atoms with Crippen LogP contribution in [-0.2, 0) is 12.3 Å². The molecule has 0 radical (unpaired) electrons. The van der Waals surface area contributed by atoms with Crippen LogP contribution >= 0.6 is 15.9 Å². The number of halogens is 3. The summed E-state index contributed by atoms with van der Waals surface area (Å²) in [5, 5.41) is 0. The second-order valence-corrected chi connectivity index (χ2v) is 5.86. The van der Waals surface area contributed by atoms with E-state index in [0.29, 0.717) is 16.6 Å². The largest absolute Gasteiger partial charge is 0.319 e. The lowest BCUT2D eigenvalue weighted by molar-refractivity contribution is -0.00955. The van der Waals surface area contributed by atoms with Crippen LogP contribution < -0.4 is 5.56 Å². The smallest absolute Gasteiger partial charge is 0.299 e. The molecule has 0 aliphatic rings. The van der Waals surface area contributed by atoms with Crippen molar-refractivity contribution in [2.24, 2.45) is 0 Å². The molecule has 112 valence electrons.